The van der Waals surface area contributed by atoms with Crippen LogP contribution in [0.2, 0.25) is 10.0 Å². The first-order chi connectivity index (χ1) is 16.8. The summed E-state index contributed by atoms with van der Waals surface area (Å²) in [6, 6.07) is 13.3. The highest BCUT2D eigenvalue weighted by molar-refractivity contribution is 6.42. The van der Waals surface area contributed by atoms with Crippen molar-refractivity contribution in [2.24, 2.45) is 5.92 Å². The van der Waals surface area contributed by atoms with E-state index in [9.17, 15) is 9.59 Å². The number of rotatable bonds is 7. The van der Waals surface area contributed by atoms with Gasteiger partial charge >= 0.3 is 5.97 Å². The lowest BCUT2D eigenvalue weighted by Gasteiger charge is -2.53. The summed E-state index contributed by atoms with van der Waals surface area (Å²) in [4.78, 5) is 26.9. The highest BCUT2D eigenvalue weighted by Gasteiger charge is 2.48. The number of likely N-dealkylation sites (tertiary alicyclic amines) is 1. The molecule has 2 aliphatic rings. The van der Waals surface area contributed by atoms with Gasteiger partial charge in [0, 0.05) is 31.5 Å². The van der Waals surface area contributed by atoms with Gasteiger partial charge in [-0.15, -0.1) is 6.58 Å². The van der Waals surface area contributed by atoms with Crippen molar-refractivity contribution in [1.82, 2.24) is 10.2 Å². The lowest BCUT2D eigenvalue weighted by Crippen LogP contribution is -2.56. The molecule has 3 atom stereocenters. The Hall–Kier alpha value is -2.34. The van der Waals surface area contributed by atoms with Gasteiger partial charge in [-0.05, 0) is 73.5 Å². The van der Waals surface area contributed by atoms with Gasteiger partial charge in [0.15, 0.2) is 0 Å². The van der Waals surface area contributed by atoms with E-state index in [-0.39, 0.29) is 29.8 Å². The van der Waals surface area contributed by atoms with Crippen LogP contribution in [0.4, 0.5) is 0 Å². The summed E-state index contributed by atoms with van der Waals surface area (Å²) in [6.45, 7) is 8.16. The average molecular weight is 515 g/mol. The number of benzene rings is 2. The molecule has 35 heavy (non-hydrogen) atoms. The van der Waals surface area contributed by atoms with Crippen molar-refractivity contribution >= 4 is 35.1 Å². The largest absolute Gasteiger partial charge is 0.427 e. The first-order valence-corrected chi connectivity index (χ1v) is 12.9. The Labute approximate surface area is 217 Å². The number of amides is 1. The van der Waals surface area contributed by atoms with E-state index in [1.54, 1.807) is 12.1 Å². The van der Waals surface area contributed by atoms with Crippen molar-refractivity contribution in [3.63, 3.8) is 0 Å². The van der Waals surface area contributed by atoms with Crippen LogP contribution < -0.4 is 10.1 Å². The van der Waals surface area contributed by atoms with E-state index in [1.165, 1.54) is 12.5 Å². The first kappa shape index (κ1) is 25.7. The first-order valence-electron chi connectivity index (χ1n) is 12.1. The zero-order valence-corrected chi connectivity index (χ0v) is 21.6. The SMILES string of the molecule is C=CCN1CCC2(c3cccc(OC(C)=O)c3)C[C@@H](NC(=O)Cc3ccc(Cl)c(Cl)c3)CCC2C1. The van der Waals surface area contributed by atoms with Crippen LogP contribution >= 0.6 is 23.2 Å². The van der Waals surface area contributed by atoms with Gasteiger partial charge < -0.3 is 10.1 Å². The van der Waals surface area contributed by atoms with E-state index in [2.05, 4.69) is 22.9 Å². The Morgan fingerprint density at radius 1 is 1.20 bits per heavy atom. The van der Waals surface area contributed by atoms with Crippen LogP contribution in [0, 0.1) is 5.92 Å². The molecular formula is C28H32Cl2N2O3. The number of nitrogens with zero attached hydrogens (tertiary/aromatic N) is 1. The number of nitrogens with one attached hydrogen (secondary N) is 1. The summed E-state index contributed by atoms with van der Waals surface area (Å²) in [7, 11) is 0. The molecule has 2 aromatic carbocycles. The molecule has 2 unspecified atom stereocenters. The topological polar surface area (TPSA) is 58.6 Å². The Bertz CT molecular complexity index is 1110. The van der Waals surface area contributed by atoms with Crippen LogP contribution in [0.15, 0.2) is 55.1 Å². The predicted molar refractivity (Wildman–Crippen MR) is 140 cm³/mol. The predicted octanol–water partition coefficient (Wildman–Crippen LogP) is 5.58. The van der Waals surface area contributed by atoms with Crippen LogP contribution in [0.3, 0.4) is 0 Å². The molecule has 2 fully saturated rings. The van der Waals surface area contributed by atoms with Gasteiger partial charge in [-0.1, -0.05) is 47.5 Å². The van der Waals surface area contributed by atoms with Gasteiger partial charge in [-0.25, -0.2) is 0 Å². The van der Waals surface area contributed by atoms with Gasteiger partial charge in [0.1, 0.15) is 5.75 Å². The van der Waals surface area contributed by atoms with E-state index in [4.69, 9.17) is 27.9 Å². The van der Waals surface area contributed by atoms with Gasteiger partial charge in [0.2, 0.25) is 5.91 Å². The third-order valence-corrected chi connectivity index (χ3v) is 8.12. The summed E-state index contributed by atoms with van der Waals surface area (Å²) in [5.74, 6) is 0.683. The fraction of sp³-hybridized carbons (Fsp3) is 0.429. The van der Waals surface area contributed by atoms with Crippen molar-refractivity contribution in [1.29, 1.82) is 0 Å². The number of fused-ring (bicyclic) bond motifs is 1. The highest BCUT2D eigenvalue weighted by atomic mass is 35.5. The molecule has 1 saturated carbocycles. The molecule has 1 saturated heterocycles. The minimum absolute atomic E-state index is 0.0141. The van der Waals surface area contributed by atoms with E-state index < -0.39 is 0 Å². The van der Waals surface area contributed by atoms with Crippen LogP contribution in [0.1, 0.15) is 43.7 Å². The fourth-order valence-corrected chi connectivity index (χ4v) is 6.16. The summed E-state index contributed by atoms with van der Waals surface area (Å²) in [6.07, 6.45) is 6.01. The molecule has 1 amide bonds. The number of halogens is 2. The zero-order valence-electron chi connectivity index (χ0n) is 20.1. The number of esters is 1. The lowest BCUT2D eigenvalue weighted by atomic mass is 9.58. The smallest absolute Gasteiger partial charge is 0.308 e. The Morgan fingerprint density at radius 2 is 2.03 bits per heavy atom. The van der Waals surface area contributed by atoms with E-state index in [0.29, 0.717) is 21.7 Å². The highest BCUT2D eigenvalue weighted by Crippen LogP contribution is 2.49. The number of hydrogen-bond donors (Lipinski definition) is 1. The van der Waals surface area contributed by atoms with E-state index in [1.807, 2.05) is 30.3 Å². The van der Waals surface area contributed by atoms with Gasteiger partial charge in [0.05, 0.1) is 16.5 Å². The average Bonchev–Trinajstić information content (AvgIpc) is 2.81. The summed E-state index contributed by atoms with van der Waals surface area (Å²) >= 11 is 12.1. The summed E-state index contributed by atoms with van der Waals surface area (Å²) in [5.41, 5.74) is 1.93. The minimum Gasteiger partial charge on any atom is -0.427 e. The van der Waals surface area contributed by atoms with Crippen LogP contribution in [-0.2, 0) is 21.4 Å². The second-order valence-corrected chi connectivity index (χ2v) is 10.6. The maximum absolute atomic E-state index is 12.9. The maximum atomic E-state index is 12.9. The molecule has 1 N–H and O–H groups in total. The number of carbonyl (C=O) groups is 2. The Balaban J connectivity index is 1.54. The molecule has 0 radical (unpaired) electrons. The number of carbonyl (C=O) groups excluding carboxylic acids is 2. The molecule has 1 aliphatic heterocycles. The second kappa shape index (κ2) is 11.2. The molecule has 4 rings (SSSR count). The second-order valence-electron chi connectivity index (χ2n) is 9.74. The molecule has 5 nitrogen and oxygen atoms in total. The van der Waals surface area contributed by atoms with E-state index in [0.717, 1.165) is 50.9 Å². The summed E-state index contributed by atoms with van der Waals surface area (Å²) in [5, 5.41) is 4.22. The molecule has 186 valence electrons. The van der Waals surface area contributed by atoms with Crippen molar-refractivity contribution < 1.29 is 14.3 Å². The third-order valence-electron chi connectivity index (χ3n) is 7.38. The Morgan fingerprint density at radius 3 is 2.77 bits per heavy atom. The zero-order chi connectivity index (χ0) is 25.0. The quantitative estimate of drug-likeness (QED) is 0.297. The number of piperidine rings is 1. The van der Waals surface area contributed by atoms with Crippen LogP contribution in [-0.4, -0.2) is 42.5 Å². The van der Waals surface area contributed by atoms with Crippen molar-refractivity contribution in [3.05, 3.63) is 76.3 Å². The molecule has 0 aromatic heterocycles. The third kappa shape index (κ3) is 6.08. The van der Waals surface area contributed by atoms with Crippen LogP contribution in [0.5, 0.6) is 5.75 Å². The van der Waals surface area contributed by atoms with E-state index >= 15 is 0 Å². The number of ether oxygens (including phenoxy) is 1. The number of hydrogen-bond acceptors (Lipinski definition) is 4. The van der Waals surface area contributed by atoms with Crippen molar-refractivity contribution in [2.45, 2.75) is 50.5 Å². The lowest BCUT2D eigenvalue weighted by molar-refractivity contribution is -0.132. The summed E-state index contributed by atoms with van der Waals surface area (Å²) < 4.78 is 5.41. The maximum Gasteiger partial charge on any atom is 0.308 e. The normalized spacial score (nSPS) is 24.3. The minimum atomic E-state index is -0.326. The molecular weight excluding hydrogens is 483 g/mol. The van der Waals surface area contributed by atoms with Gasteiger partial charge in [0.25, 0.3) is 0 Å². The monoisotopic (exact) mass is 514 g/mol. The fourth-order valence-electron chi connectivity index (χ4n) is 5.84. The standard InChI is InChI=1S/C28H32Cl2N2O3/c1-3-12-32-13-11-28(21-5-4-6-24(16-21)35-19(2)33)17-23(9-8-22(28)18-32)31-27(34)15-20-7-10-25(29)26(30)14-20/h3-7,10,14,16,22-23H,1,8-9,11-13,15,17-18H2,2H3,(H,31,34)/t22?,23-,28?/m0/s1. The molecule has 1 heterocycles. The van der Waals surface area contributed by atoms with Crippen LogP contribution in [0.25, 0.3) is 0 Å². The van der Waals surface area contributed by atoms with Gasteiger partial charge in [-0.3, -0.25) is 14.5 Å². The molecule has 7 heteroatoms. The van der Waals surface area contributed by atoms with Crippen molar-refractivity contribution in [3.8, 4) is 5.75 Å². The molecule has 1 aliphatic carbocycles. The van der Waals surface area contributed by atoms with Crippen molar-refractivity contribution in [2.75, 3.05) is 19.6 Å². The van der Waals surface area contributed by atoms with Gasteiger partial charge in [-0.2, -0.15) is 0 Å². The molecule has 2 aromatic rings. The molecule has 0 spiro atoms. The Kier molecular flexibility index (Phi) is 8.20. The molecule has 0 bridgehead atoms.